The zero-order valence-electron chi connectivity index (χ0n) is 7.85. The summed E-state index contributed by atoms with van der Waals surface area (Å²) in [6.45, 7) is 3.98. The summed E-state index contributed by atoms with van der Waals surface area (Å²) in [5.74, 6) is 0.852. The molecule has 2 rings (SSSR count). The number of carbonyl (C=O) groups is 1. The molecule has 0 bridgehead atoms. The van der Waals surface area contributed by atoms with Crippen molar-refractivity contribution in [3.05, 3.63) is 10.6 Å². The third-order valence-corrected chi connectivity index (χ3v) is 3.18. The van der Waals surface area contributed by atoms with E-state index in [-0.39, 0.29) is 5.91 Å². The van der Waals surface area contributed by atoms with Gasteiger partial charge in [0.25, 0.3) is 5.91 Å². The molecule has 0 aromatic rings. The van der Waals surface area contributed by atoms with Crippen LogP contribution in [0.4, 0.5) is 0 Å². The first-order valence-electron chi connectivity index (χ1n) is 4.85. The lowest BCUT2D eigenvalue weighted by Gasteiger charge is -2.37. The fraction of sp³-hybridized carbons (Fsp3) is 0.700. The molecule has 0 aromatic carbocycles. The van der Waals surface area contributed by atoms with E-state index in [2.05, 4.69) is 6.92 Å². The number of rotatable bonds is 1. The summed E-state index contributed by atoms with van der Waals surface area (Å²) in [4.78, 5) is 13.7. The molecule has 1 aliphatic heterocycles. The van der Waals surface area contributed by atoms with E-state index in [1.54, 1.807) is 0 Å². The van der Waals surface area contributed by atoms with Gasteiger partial charge in [-0.05, 0) is 25.2 Å². The van der Waals surface area contributed by atoms with Gasteiger partial charge in [-0.25, -0.2) is 0 Å². The first kappa shape index (κ1) is 9.07. The highest BCUT2D eigenvalue weighted by Gasteiger charge is 2.31. The van der Waals surface area contributed by atoms with Gasteiger partial charge in [0.15, 0.2) is 0 Å². The summed E-state index contributed by atoms with van der Waals surface area (Å²) in [6.07, 6.45) is 2.82. The summed E-state index contributed by atoms with van der Waals surface area (Å²) >= 11 is 5.97. The van der Waals surface area contributed by atoms with Crippen LogP contribution in [0.3, 0.4) is 0 Å². The number of hydrogen-bond donors (Lipinski definition) is 0. The monoisotopic (exact) mass is 199 g/mol. The van der Waals surface area contributed by atoms with Gasteiger partial charge in [0.05, 0.1) is 0 Å². The van der Waals surface area contributed by atoms with Crippen LogP contribution in [0.1, 0.15) is 26.2 Å². The van der Waals surface area contributed by atoms with Gasteiger partial charge in [-0.1, -0.05) is 18.5 Å². The Morgan fingerprint density at radius 3 is 2.62 bits per heavy atom. The highest BCUT2D eigenvalue weighted by Crippen LogP contribution is 2.31. The van der Waals surface area contributed by atoms with Gasteiger partial charge in [0.1, 0.15) is 0 Å². The molecule has 1 heterocycles. The van der Waals surface area contributed by atoms with E-state index in [0.29, 0.717) is 5.92 Å². The van der Waals surface area contributed by atoms with Crippen molar-refractivity contribution < 1.29 is 4.79 Å². The Hall–Kier alpha value is -0.500. The number of amides is 1. The van der Waals surface area contributed by atoms with Gasteiger partial charge in [0.2, 0.25) is 0 Å². The highest BCUT2D eigenvalue weighted by atomic mass is 35.5. The van der Waals surface area contributed by atoms with Crippen molar-refractivity contribution in [2.45, 2.75) is 26.2 Å². The van der Waals surface area contributed by atoms with E-state index in [4.69, 9.17) is 11.6 Å². The second-order valence-electron chi connectivity index (χ2n) is 4.05. The molecular formula is C10H14ClNO. The van der Waals surface area contributed by atoms with E-state index < -0.39 is 0 Å². The van der Waals surface area contributed by atoms with Crippen LogP contribution in [0.25, 0.3) is 0 Å². The van der Waals surface area contributed by atoms with Gasteiger partial charge in [0, 0.05) is 23.7 Å². The SMILES string of the molecule is CC1CN(C(=O)C2=C(Cl)CCC2)C1. The summed E-state index contributed by atoms with van der Waals surface area (Å²) in [7, 11) is 0. The normalized spacial score (nSPS) is 23.7. The Kier molecular flexibility index (Phi) is 2.33. The third kappa shape index (κ3) is 1.60. The molecule has 72 valence electrons. The van der Waals surface area contributed by atoms with Crippen molar-refractivity contribution in [2.24, 2.45) is 5.92 Å². The molecule has 1 fully saturated rings. The number of likely N-dealkylation sites (tertiary alicyclic amines) is 1. The van der Waals surface area contributed by atoms with Gasteiger partial charge < -0.3 is 4.90 Å². The predicted molar refractivity (Wildman–Crippen MR) is 52.5 cm³/mol. The Morgan fingerprint density at radius 2 is 2.15 bits per heavy atom. The Bertz CT molecular complexity index is 266. The lowest BCUT2D eigenvalue weighted by atomic mass is 10.0. The fourth-order valence-corrected chi connectivity index (χ4v) is 2.29. The topological polar surface area (TPSA) is 20.3 Å². The fourth-order valence-electron chi connectivity index (χ4n) is 1.99. The van der Waals surface area contributed by atoms with Crippen molar-refractivity contribution in [1.29, 1.82) is 0 Å². The molecule has 0 aromatic heterocycles. The van der Waals surface area contributed by atoms with Crippen molar-refractivity contribution >= 4 is 17.5 Å². The van der Waals surface area contributed by atoms with Crippen molar-refractivity contribution in [3.63, 3.8) is 0 Å². The van der Waals surface area contributed by atoms with E-state index in [0.717, 1.165) is 43.0 Å². The molecule has 0 unspecified atom stereocenters. The van der Waals surface area contributed by atoms with Crippen LogP contribution in [0.15, 0.2) is 10.6 Å². The largest absolute Gasteiger partial charge is 0.338 e. The van der Waals surface area contributed by atoms with Crippen LogP contribution >= 0.6 is 11.6 Å². The molecule has 1 aliphatic carbocycles. The Balaban J connectivity index is 2.01. The van der Waals surface area contributed by atoms with Crippen molar-refractivity contribution in [3.8, 4) is 0 Å². The molecule has 2 aliphatic rings. The Labute approximate surface area is 83.5 Å². The number of nitrogens with zero attached hydrogens (tertiary/aromatic N) is 1. The van der Waals surface area contributed by atoms with E-state index in [1.165, 1.54) is 0 Å². The maximum Gasteiger partial charge on any atom is 0.250 e. The summed E-state index contributed by atoms with van der Waals surface area (Å²) in [6, 6.07) is 0. The number of hydrogen-bond acceptors (Lipinski definition) is 1. The summed E-state index contributed by atoms with van der Waals surface area (Å²) in [5.41, 5.74) is 0.869. The lowest BCUT2D eigenvalue weighted by Crippen LogP contribution is -2.49. The van der Waals surface area contributed by atoms with E-state index in [9.17, 15) is 4.79 Å². The molecule has 0 spiro atoms. The number of halogens is 1. The van der Waals surface area contributed by atoms with Crippen LogP contribution in [0, 0.1) is 5.92 Å². The van der Waals surface area contributed by atoms with Gasteiger partial charge in [-0.3, -0.25) is 4.79 Å². The average Bonchev–Trinajstić information content (AvgIpc) is 2.44. The molecule has 0 saturated carbocycles. The summed E-state index contributed by atoms with van der Waals surface area (Å²) in [5, 5.41) is 0.796. The molecule has 3 heteroatoms. The minimum absolute atomic E-state index is 0.181. The first-order chi connectivity index (χ1) is 6.18. The van der Waals surface area contributed by atoms with Crippen LogP contribution in [0.5, 0.6) is 0 Å². The maximum absolute atomic E-state index is 11.8. The molecule has 0 radical (unpaired) electrons. The average molecular weight is 200 g/mol. The number of carbonyl (C=O) groups excluding carboxylic acids is 1. The third-order valence-electron chi connectivity index (χ3n) is 2.76. The second kappa shape index (κ2) is 3.33. The molecular weight excluding hydrogens is 186 g/mol. The standard InChI is InChI=1S/C10H14ClNO/c1-7-5-12(6-7)10(13)8-3-2-4-9(8)11/h7H,2-6H2,1H3. The predicted octanol–water partition coefficient (Wildman–Crippen LogP) is 2.14. The first-order valence-corrected chi connectivity index (χ1v) is 5.23. The smallest absolute Gasteiger partial charge is 0.250 e. The zero-order valence-corrected chi connectivity index (χ0v) is 8.60. The van der Waals surface area contributed by atoms with Gasteiger partial charge in [-0.15, -0.1) is 0 Å². The van der Waals surface area contributed by atoms with Gasteiger partial charge in [-0.2, -0.15) is 0 Å². The molecule has 2 nitrogen and oxygen atoms in total. The maximum atomic E-state index is 11.8. The highest BCUT2D eigenvalue weighted by molar-refractivity contribution is 6.32. The van der Waals surface area contributed by atoms with Crippen LogP contribution in [-0.4, -0.2) is 23.9 Å². The van der Waals surface area contributed by atoms with E-state index >= 15 is 0 Å². The van der Waals surface area contributed by atoms with Gasteiger partial charge >= 0.3 is 0 Å². The molecule has 1 amide bonds. The van der Waals surface area contributed by atoms with Crippen molar-refractivity contribution in [1.82, 2.24) is 4.90 Å². The number of allylic oxidation sites excluding steroid dienone is 1. The quantitative estimate of drug-likeness (QED) is 0.634. The molecule has 13 heavy (non-hydrogen) atoms. The minimum Gasteiger partial charge on any atom is -0.338 e. The van der Waals surface area contributed by atoms with E-state index in [1.807, 2.05) is 4.90 Å². The molecule has 1 saturated heterocycles. The second-order valence-corrected chi connectivity index (χ2v) is 4.51. The lowest BCUT2D eigenvalue weighted by molar-refractivity contribution is -0.132. The van der Waals surface area contributed by atoms with Crippen LogP contribution < -0.4 is 0 Å². The van der Waals surface area contributed by atoms with Crippen LogP contribution in [0.2, 0.25) is 0 Å². The summed E-state index contributed by atoms with van der Waals surface area (Å²) < 4.78 is 0. The van der Waals surface area contributed by atoms with Crippen molar-refractivity contribution in [2.75, 3.05) is 13.1 Å². The molecule has 0 atom stereocenters. The molecule has 0 N–H and O–H groups in total. The zero-order chi connectivity index (χ0) is 9.42. The minimum atomic E-state index is 0.181. The Morgan fingerprint density at radius 1 is 1.46 bits per heavy atom. The van der Waals surface area contributed by atoms with Crippen LogP contribution in [-0.2, 0) is 4.79 Å².